The van der Waals surface area contributed by atoms with Gasteiger partial charge < -0.3 is 5.32 Å². The second-order valence-electron chi connectivity index (χ2n) is 7.58. The number of carbonyl (C=O) groups excluding carboxylic acids is 1. The van der Waals surface area contributed by atoms with E-state index in [-0.39, 0.29) is 11.5 Å². The van der Waals surface area contributed by atoms with Crippen molar-refractivity contribution < 1.29 is 4.79 Å². The minimum Gasteiger partial charge on any atom is -0.351 e. The summed E-state index contributed by atoms with van der Waals surface area (Å²) in [6.45, 7) is 4.34. The topological polar surface area (TPSA) is 92.7 Å². The molecule has 2 aromatic carbocycles. The van der Waals surface area contributed by atoms with Crippen LogP contribution in [0.3, 0.4) is 0 Å². The van der Waals surface area contributed by atoms with Crippen LogP contribution in [0, 0.1) is 6.92 Å². The Morgan fingerprint density at radius 2 is 1.61 bits per heavy atom. The first-order valence-electron chi connectivity index (χ1n) is 9.99. The maximum atomic E-state index is 13.0. The molecule has 0 aliphatic heterocycles. The number of aromatic amines is 1. The van der Waals surface area contributed by atoms with Crippen molar-refractivity contribution in [3.63, 3.8) is 0 Å². The smallest absolute Gasteiger partial charge is 0.264 e. The van der Waals surface area contributed by atoms with Gasteiger partial charge in [-0.05, 0) is 31.0 Å². The number of nitrogens with one attached hydrogen (secondary N) is 2. The first kappa shape index (κ1) is 20.3. The Hall–Kier alpha value is -4.00. The summed E-state index contributed by atoms with van der Waals surface area (Å²) < 4.78 is 1.53. The van der Waals surface area contributed by atoms with Crippen LogP contribution >= 0.6 is 0 Å². The van der Waals surface area contributed by atoms with Crippen LogP contribution in [0.1, 0.15) is 34.1 Å². The summed E-state index contributed by atoms with van der Waals surface area (Å²) in [6, 6.07) is 23.2. The van der Waals surface area contributed by atoms with Crippen LogP contribution in [0.15, 0.2) is 83.8 Å². The molecule has 0 atom stereocenters. The zero-order chi connectivity index (χ0) is 21.8. The van der Waals surface area contributed by atoms with Gasteiger partial charge in [-0.1, -0.05) is 60.7 Å². The number of H-pyrrole nitrogens is 1. The summed E-state index contributed by atoms with van der Waals surface area (Å²) in [5.41, 5.74) is 2.63. The largest absolute Gasteiger partial charge is 0.351 e. The van der Waals surface area contributed by atoms with E-state index < -0.39 is 5.41 Å². The van der Waals surface area contributed by atoms with Crippen LogP contribution in [0.25, 0.3) is 5.82 Å². The highest BCUT2D eigenvalue weighted by Crippen LogP contribution is 2.31. The van der Waals surface area contributed by atoms with Crippen LogP contribution in [-0.2, 0) is 5.41 Å². The van der Waals surface area contributed by atoms with E-state index in [1.165, 1.54) is 16.9 Å². The molecule has 31 heavy (non-hydrogen) atoms. The predicted octanol–water partition coefficient (Wildman–Crippen LogP) is 3.00. The highest BCUT2D eigenvalue weighted by atomic mass is 16.1. The lowest BCUT2D eigenvalue weighted by atomic mass is 9.76. The summed E-state index contributed by atoms with van der Waals surface area (Å²) in [5.74, 6) is 0.223. The van der Waals surface area contributed by atoms with E-state index in [0.717, 1.165) is 11.1 Å². The minimum absolute atomic E-state index is 0.216. The van der Waals surface area contributed by atoms with Gasteiger partial charge in [-0.25, -0.2) is 9.78 Å². The molecule has 0 fully saturated rings. The van der Waals surface area contributed by atoms with Crippen molar-refractivity contribution in [2.75, 3.05) is 6.54 Å². The number of nitrogens with zero attached hydrogens (tertiary/aromatic N) is 3. The van der Waals surface area contributed by atoms with Gasteiger partial charge in [0.05, 0.1) is 17.5 Å². The highest BCUT2D eigenvalue weighted by molar-refractivity contribution is 5.95. The third kappa shape index (κ3) is 4.02. The average Bonchev–Trinajstić information content (AvgIpc) is 3.20. The number of benzene rings is 2. The molecule has 0 bridgehead atoms. The molecule has 7 nitrogen and oxygen atoms in total. The fourth-order valence-corrected chi connectivity index (χ4v) is 3.65. The number of hydrogen-bond donors (Lipinski definition) is 2. The van der Waals surface area contributed by atoms with Gasteiger partial charge in [-0.15, -0.1) is 0 Å². The number of aromatic nitrogens is 4. The van der Waals surface area contributed by atoms with E-state index in [0.29, 0.717) is 23.6 Å². The molecule has 7 heteroatoms. The second kappa shape index (κ2) is 8.39. The molecule has 0 radical (unpaired) electrons. The second-order valence-corrected chi connectivity index (χ2v) is 7.58. The Kier molecular flexibility index (Phi) is 5.49. The predicted molar refractivity (Wildman–Crippen MR) is 118 cm³/mol. The van der Waals surface area contributed by atoms with Crippen molar-refractivity contribution >= 4 is 5.91 Å². The molecule has 4 aromatic rings. The number of carbonyl (C=O) groups is 1. The summed E-state index contributed by atoms with van der Waals surface area (Å²) in [6.07, 6.45) is 1.51. The van der Waals surface area contributed by atoms with E-state index in [9.17, 15) is 9.59 Å². The molecule has 4 rings (SSSR count). The van der Waals surface area contributed by atoms with Gasteiger partial charge in [0.25, 0.3) is 11.5 Å². The number of hydrogen-bond acceptors (Lipinski definition) is 4. The number of rotatable bonds is 6. The van der Waals surface area contributed by atoms with Gasteiger partial charge in [0, 0.05) is 18.0 Å². The third-order valence-corrected chi connectivity index (χ3v) is 5.56. The maximum absolute atomic E-state index is 13.0. The van der Waals surface area contributed by atoms with Gasteiger partial charge in [-0.3, -0.25) is 9.59 Å². The van der Waals surface area contributed by atoms with Crippen molar-refractivity contribution in [2.24, 2.45) is 0 Å². The SMILES string of the molecule is Cc1c(C(=O)NCC(C)(c2ccccc2)c2ccccc2)cnn1-c1ccc(=O)[nH]n1. The Bertz CT molecular complexity index is 1190. The van der Waals surface area contributed by atoms with Crippen LogP contribution in [0.5, 0.6) is 0 Å². The molecule has 2 aromatic heterocycles. The summed E-state index contributed by atoms with van der Waals surface area (Å²) in [7, 11) is 0. The Labute approximate surface area is 179 Å². The minimum atomic E-state index is -0.400. The molecule has 0 aliphatic rings. The van der Waals surface area contributed by atoms with E-state index in [1.807, 2.05) is 36.4 Å². The molecule has 1 amide bonds. The van der Waals surface area contributed by atoms with Gasteiger partial charge in [0.1, 0.15) is 0 Å². The van der Waals surface area contributed by atoms with E-state index >= 15 is 0 Å². The number of amides is 1. The molecule has 0 saturated heterocycles. The van der Waals surface area contributed by atoms with Gasteiger partial charge in [0.2, 0.25) is 0 Å². The van der Waals surface area contributed by atoms with Crippen molar-refractivity contribution in [3.05, 3.63) is 112 Å². The quantitative estimate of drug-likeness (QED) is 0.508. The average molecular weight is 413 g/mol. The van der Waals surface area contributed by atoms with Crippen molar-refractivity contribution in [1.29, 1.82) is 0 Å². The van der Waals surface area contributed by atoms with Gasteiger partial charge >= 0.3 is 0 Å². The molecule has 0 unspecified atom stereocenters. The standard InChI is InChI=1S/C24H23N5O2/c1-17-20(15-26-29(17)21-13-14-22(30)28-27-21)23(31)25-16-24(2,18-9-5-3-6-10-18)19-11-7-4-8-12-19/h3-15H,16H2,1-2H3,(H,25,31)(H,28,30). The fourth-order valence-electron chi connectivity index (χ4n) is 3.65. The van der Waals surface area contributed by atoms with Crippen molar-refractivity contribution in [2.45, 2.75) is 19.3 Å². The lowest BCUT2D eigenvalue weighted by Crippen LogP contribution is -2.39. The summed E-state index contributed by atoms with van der Waals surface area (Å²) in [4.78, 5) is 24.3. The lowest BCUT2D eigenvalue weighted by Gasteiger charge is -2.31. The molecule has 0 aliphatic carbocycles. The summed E-state index contributed by atoms with van der Waals surface area (Å²) in [5, 5.41) is 13.7. The zero-order valence-corrected chi connectivity index (χ0v) is 17.4. The Morgan fingerprint density at radius 3 is 2.16 bits per heavy atom. The van der Waals surface area contributed by atoms with Gasteiger partial charge in [0.15, 0.2) is 5.82 Å². The summed E-state index contributed by atoms with van der Waals surface area (Å²) >= 11 is 0. The maximum Gasteiger partial charge on any atom is 0.264 e. The first-order valence-corrected chi connectivity index (χ1v) is 9.99. The van der Waals surface area contributed by atoms with Crippen molar-refractivity contribution in [1.82, 2.24) is 25.3 Å². The van der Waals surface area contributed by atoms with E-state index in [2.05, 4.69) is 51.8 Å². The normalized spacial score (nSPS) is 11.3. The molecule has 156 valence electrons. The Balaban J connectivity index is 1.59. The monoisotopic (exact) mass is 413 g/mol. The highest BCUT2D eigenvalue weighted by Gasteiger charge is 2.30. The first-order chi connectivity index (χ1) is 15.0. The molecular formula is C24H23N5O2. The van der Waals surface area contributed by atoms with Crippen LogP contribution in [0.2, 0.25) is 0 Å². The molecule has 2 heterocycles. The molecule has 2 N–H and O–H groups in total. The lowest BCUT2D eigenvalue weighted by molar-refractivity contribution is 0.0946. The van der Waals surface area contributed by atoms with Gasteiger partial charge in [-0.2, -0.15) is 10.2 Å². The van der Waals surface area contributed by atoms with E-state index in [4.69, 9.17) is 0 Å². The van der Waals surface area contributed by atoms with Crippen molar-refractivity contribution in [3.8, 4) is 5.82 Å². The zero-order valence-electron chi connectivity index (χ0n) is 17.4. The third-order valence-electron chi connectivity index (χ3n) is 5.56. The molecule has 0 saturated carbocycles. The van der Waals surface area contributed by atoms with Crippen LogP contribution in [-0.4, -0.2) is 32.4 Å². The molecule has 0 spiro atoms. The van der Waals surface area contributed by atoms with Crippen LogP contribution < -0.4 is 10.9 Å². The fraction of sp³-hybridized carbons (Fsp3) is 0.167. The van der Waals surface area contributed by atoms with E-state index in [1.54, 1.807) is 13.0 Å². The molecular weight excluding hydrogens is 390 g/mol. The Morgan fingerprint density at radius 1 is 1.00 bits per heavy atom. The van der Waals surface area contributed by atoms with Crippen LogP contribution in [0.4, 0.5) is 0 Å².